The van der Waals surface area contributed by atoms with Gasteiger partial charge in [0.05, 0.1) is 27.3 Å². The predicted molar refractivity (Wildman–Crippen MR) is 104 cm³/mol. The molecule has 0 atom stereocenters. The van der Waals surface area contributed by atoms with E-state index in [1.54, 1.807) is 36.4 Å². The van der Waals surface area contributed by atoms with E-state index in [-0.39, 0.29) is 17.9 Å². The third kappa shape index (κ3) is 3.74. The van der Waals surface area contributed by atoms with Crippen molar-refractivity contribution in [2.45, 2.75) is 25.9 Å². The summed E-state index contributed by atoms with van der Waals surface area (Å²) in [6.07, 6.45) is 1.22. The molecule has 1 N–H and O–H groups in total. The maximum Gasteiger partial charge on any atom is 0.242 e. The molecule has 134 valence electrons. The fourth-order valence-electron chi connectivity index (χ4n) is 2.77. The zero-order valence-electron chi connectivity index (χ0n) is 14.3. The summed E-state index contributed by atoms with van der Waals surface area (Å²) in [6.45, 7) is 3.74. The van der Waals surface area contributed by atoms with Crippen molar-refractivity contribution in [2.75, 3.05) is 0 Å². The third-order valence-corrected chi connectivity index (χ3v) is 4.89. The molecule has 0 saturated carbocycles. The summed E-state index contributed by atoms with van der Waals surface area (Å²) in [5.41, 5.74) is 0.619. The van der Waals surface area contributed by atoms with Gasteiger partial charge in [0.15, 0.2) is 0 Å². The highest BCUT2D eigenvalue weighted by atomic mass is 35.5. The lowest BCUT2D eigenvalue weighted by molar-refractivity contribution is -0.123. The molecule has 1 heterocycles. The maximum absolute atomic E-state index is 12.6. The molecule has 5 nitrogen and oxygen atoms in total. The second-order valence-corrected chi connectivity index (χ2v) is 7.30. The van der Waals surface area contributed by atoms with Crippen LogP contribution in [-0.4, -0.2) is 15.7 Å². The highest BCUT2D eigenvalue weighted by Crippen LogP contribution is 2.28. The Morgan fingerprint density at radius 1 is 1.15 bits per heavy atom. The van der Waals surface area contributed by atoms with Crippen LogP contribution in [0.5, 0.6) is 0 Å². The molecule has 0 radical (unpaired) electrons. The third-order valence-electron chi connectivity index (χ3n) is 4.15. The van der Waals surface area contributed by atoms with Crippen LogP contribution < -0.4 is 10.7 Å². The Balaban J connectivity index is 1.84. The van der Waals surface area contributed by atoms with Gasteiger partial charge in [-0.2, -0.15) is 5.10 Å². The van der Waals surface area contributed by atoms with Crippen molar-refractivity contribution in [3.05, 3.63) is 74.5 Å². The smallest absolute Gasteiger partial charge is 0.242 e. The Bertz CT molecular complexity index is 1040. The topological polar surface area (TPSA) is 64.0 Å². The number of halogens is 2. The summed E-state index contributed by atoms with van der Waals surface area (Å²) >= 11 is 12.0. The molecule has 3 rings (SSSR count). The van der Waals surface area contributed by atoms with E-state index in [1.165, 1.54) is 10.9 Å². The van der Waals surface area contributed by atoms with E-state index in [4.69, 9.17) is 23.2 Å². The Hall–Kier alpha value is -2.37. The van der Waals surface area contributed by atoms with E-state index in [1.807, 2.05) is 19.9 Å². The molecule has 26 heavy (non-hydrogen) atoms. The van der Waals surface area contributed by atoms with Gasteiger partial charge in [-0.25, -0.2) is 0 Å². The Morgan fingerprint density at radius 3 is 2.62 bits per heavy atom. The fraction of sp³-hybridized carbons (Fsp3) is 0.211. The van der Waals surface area contributed by atoms with E-state index < -0.39 is 5.54 Å². The number of aromatic nitrogens is 2. The van der Waals surface area contributed by atoms with Crippen LogP contribution >= 0.6 is 23.2 Å². The van der Waals surface area contributed by atoms with E-state index in [0.29, 0.717) is 20.9 Å². The lowest BCUT2D eigenvalue weighted by atomic mass is 9.94. The zero-order valence-corrected chi connectivity index (χ0v) is 15.8. The molecule has 0 aliphatic carbocycles. The van der Waals surface area contributed by atoms with Gasteiger partial charge >= 0.3 is 0 Å². The number of amides is 1. The van der Waals surface area contributed by atoms with Crippen molar-refractivity contribution in [3.8, 4) is 0 Å². The van der Waals surface area contributed by atoms with E-state index in [2.05, 4.69) is 10.4 Å². The van der Waals surface area contributed by atoms with Crippen LogP contribution in [0.25, 0.3) is 10.9 Å². The van der Waals surface area contributed by atoms with Gasteiger partial charge in [0.2, 0.25) is 11.3 Å². The average molecular weight is 390 g/mol. The number of hydrogen-bond donors (Lipinski definition) is 1. The van der Waals surface area contributed by atoms with Crippen molar-refractivity contribution in [3.63, 3.8) is 0 Å². The summed E-state index contributed by atoms with van der Waals surface area (Å²) in [5.74, 6) is -0.234. The number of benzene rings is 2. The number of nitrogens with zero attached hydrogens (tertiary/aromatic N) is 2. The number of rotatable bonds is 4. The van der Waals surface area contributed by atoms with Crippen molar-refractivity contribution in [2.24, 2.45) is 0 Å². The van der Waals surface area contributed by atoms with Gasteiger partial charge in [0.25, 0.3) is 0 Å². The number of carbonyl (C=O) groups excluding carboxylic acids is 1. The van der Waals surface area contributed by atoms with Crippen LogP contribution in [0.1, 0.15) is 19.4 Å². The molecule has 2 aromatic carbocycles. The van der Waals surface area contributed by atoms with Crippen molar-refractivity contribution in [1.82, 2.24) is 15.1 Å². The summed E-state index contributed by atoms with van der Waals surface area (Å²) in [7, 11) is 0. The summed E-state index contributed by atoms with van der Waals surface area (Å²) in [5, 5.41) is 8.46. The van der Waals surface area contributed by atoms with Crippen LogP contribution in [0.4, 0.5) is 0 Å². The minimum Gasteiger partial charge on any atom is -0.346 e. The van der Waals surface area contributed by atoms with Crippen molar-refractivity contribution < 1.29 is 4.79 Å². The quantitative estimate of drug-likeness (QED) is 0.738. The van der Waals surface area contributed by atoms with Gasteiger partial charge in [-0.1, -0.05) is 41.4 Å². The Labute approximate surface area is 160 Å². The summed E-state index contributed by atoms with van der Waals surface area (Å²) < 4.78 is 1.51. The SMILES string of the molecule is CC(C)(NC(=O)Cn1ncc(=O)c2ccccc21)c1ccc(Cl)c(Cl)c1. The van der Waals surface area contributed by atoms with E-state index in [0.717, 1.165) is 5.56 Å². The highest BCUT2D eigenvalue weighted by Gasteiger charge is 2.24. The number of para-hydroxylation sites is 1. The Kier molecular flexibility index (Phi) is 5.03. The van der Waals surface area contributed by atoms with Crippen LogP contribution in [-0.2, 0) is 16.9 Å². The van der Waals surface area contributed by atoms with Gasteiger partial charge in [0, 0.05) is 5.39 Å². The fourth-order valence-corrected chi connectivity index (χ4v) is 3.07. The molecule has 0 fully saturated rings. The first-order valence-corrected chi connectivity index (χ1v) is 8.75. The number of hydrogen-bond acceptors (Lipinski definition) is 3. The number of carbonyl (C=O) groups is 1. The van der Waals surface area contributed by atoms with Gasteiger partial charge < -0.3 is 5.32 Å². The summed E-state index contributed by atoms with van der Waals surface area (Å²) in [4.78, 5) is 24.5. The normalized spacial score (nSPS) is 11.5. The van der Waals surface area contributed by atoms with Gasteiger partial charge in [-0.3, -0.25) is 14.3 Å². The second-order valence-electron chi connectivity index (χ2n) is 6.49. The standard InChI is InChI=1S/C19H17Cl2N3O2/c1-19(2,12-7-8-14(20)15(21)9-12)23-18(26)11-24-16-6-4-3-5-13(16)17(25)10-22-24/h3-10H,11H2,1-2H3,(H,23,26). The molecular formula is C19H17Cl2N3O2. The predicted octanol–water partition coefficient (Wildman–Crippen LogP) is 3.75. The number of nitrogens with one attached hydrogen (secondary N) is 1. The first kappa shape index (κ1) is 18.4. The van der Waals surface area contributed by atoms with Crippen LogP contribution in [0.2, 0.25) is 10.0 Å². The average Bonchev–Trinajstić information content (AvgIpc) is 2.59. The molecular weight excluding hydrogens is 373 g/mol. The first-order chi connectivity index (χ1) is 12.3. The first-order valence-electron chi connectivity index (χ1n) is 7.99. The second kappa shape index (κ2) is 7.09. The molecule has 3 aromatic rings. The summed E-state index contributed by atoms with van der Waals surface area (Å²) in [6, 6.07) is 12.3. The van der Waals surface area contributed by atoms with E-state index in [9.17, 15) is 9.59 Å². The molecule has 1 amide bonds. The molecule has 1 aromatic heterocycles. The minimum atomic E-state index is -0.653. The highest BCUT2D eigenvalue weighted by molar-refractivity contribution is 6.42. The van der Waals surface area contributed by atoms with Gasteiger partial charge in [0.1, 0.15) is 6.54 Å². The van der Waals surface area contributed by atoms with Crippen LogP contribution in [0.15, 0.2) is 53.5 Å². The largest absolute Gasteiger partial charge is 0.346 e. The lowest BCUT2D eigenvalue weighted by Crippen LogP contribution is -2.42. The van der Waals surface area contributed by atoms with Gasteiger partial charge in [-0.15, -0.1) is 0 Å². The molecule has 0 aliphatic heterocycles. The lowest BCUT2D eigenvalue weighted by Gasteiger charge is -2.27. The van der Waals surface area contributed by atoms with Crippen molar-refractivity contribution >= 4 is 40.0 Å². The minimum absolute atomic E-state index is 0.00839. The molecule has 0 bridgehead atoms. The number of fused-ring (bicyclic) bond motifs is 1. The van der Waals surface area contributed by atoms with Crippen LogP contribution in [0, 0.1) is 0 Å². The zero-order chi connectivity index (χ0) is 18.9. The molecule has 0 spiro atoms. The molecule has 0 aliphatic rings. The molecule has 7 heteroatoms. The van der Waals surface area contributed by atoms with Crippen LogP contribution in [0.3, 0.4) is 0 Å². The molecule has 0 saturated heterocycles. The Morgan fingerprint density at radius 2 is 1.88 bits per heavy atom. The molecule has 0 unspecified atom stereocenters. The maximum atomic E-state index is 12.6. The van der Waals surface area contributed by atoms with Gasteiger partial charge in [-0.05, 0) is 43.7 Å². The monoisotopic (exact) mass is 389 g/mol. The van der Waals surface area contributed by atoms with Crippen molar-refractivity contribution in [1.29, 1.82) is 0 Å². The van der Waals surface area contributed by atoms with E-state index >= 15 is 0 Å².